The molecule has 0 amide bonds. The molecule has 0 radical (unpaired) electrons. The van der Waals surface area contributed by atoms with Gasteiger partial charge in [-0.1, -0.05) is 6.92 Å². The molecule has 1 unspecified atom stereocenters. The molecule has 1 heterocycles. The van der Waals surface area contributed by atoms with E-state index >= 15 is 0 Å². The Kier molecular flexibility index (Phi) is 3.60. The van der Waals surface area contributed by atoms with Gasteiger partial charge in [-0.2, -0.15) is 13.2 Å². The Hall–Kier alpha value is -1.07. The van der Waals surface area contributed by atoms with Crippen molar-refractivity contribution in [2.45, 2.75) is 50.8 Å². The Morgan fingerprint density at radius 3 is 2.44 bits per heavy atom. The van der Waals surface area contributed by atoms with E-state index in [0.29, 0.717) is 0 Å². The second-order valence-corrected chi connectivity index (χ2v) is 4.02. The highest BCUT2D eigenvalue weighted by Gasteiger charge is 2.42. The first-order valence-corrected chi connectivity index (χ1v) is 5.07. The lowest BCUT2D eigenvalue weighted by Gasteiger charge is -2.35. The van der Waals surface area contributed by atoms with E-state index < -0.39 is 24.2 Å². The fraction of sp³-hybridized carbons (Fsp3) is 0.800. The molecular formula is C10H13F3O3. The summed E-state index contributed by atoms with van der Waals surface area (Å²) in [7, 11) is 0. The van der Waals surface area contributed by atoms with E-state index in [4.69, 9.17) is 4.74 Å². The van der Waals surface area contributed by atoms with E-state index in [1.807, 2.05) is 0 Å². The number of Topliss-reactive ketones (excluding diaryl/α,β-unsaturated/α-hetero) is 1. The first-order valence-electron chi connectivity index (χ1n) is 5.07. The van der Waals surface area contributed by atoms with Crippen LogP contribution in [0.1, 0.15) is 39.0 Å². The van der Waals surface area contributed by atoms with Gasteiger partial charge in [-0.25, -0.2) is 0 Å². The fourth-order valence-corrected chi connectivity index (χ4v) is 1.78. The summed E-state index contributed by atoms with van der Waals surface area (Å²) in [4.78, 5) is 22.2. The van der Waals surface area contributed by atoms with Crippen molar-refractivity contribution in [3.05, 3.63) is 0 Å². The van der Waals surface area contributed by atoms with Crippen LogP contribution in [0.25, 0.3) is 0 Å². The summed E-state index contributed by atoms with van der Waals surface area (Å²) in [6, 6.07) is 0. The monoisotopic (exact) mass is 238 g/mol. The minimum absolute atomic E-state index is 0.106. The standard InChI is InChI=1S/C10H13F3O3/c1-2-9(3-4-10(11,12)13)6-7(14)5-8(15)16-9/h2-6H2,1H3. The third kappa shape index (κ3) is 3.50. The van der Waals surface area contributed by atoms with Gasteiger partial charge in [-0.15, -0.1) is 0 Å². The molecule has 0 N–H and O–H groups in total. The van der Waals surface area contributed by atoms with Gasteiger partial charge in [0.15, 0.2) is 0 Å². The number of hydrogen-bond donors (Lipinski definition) is 0. The summed E-state index contributed by atoms with van der Waals surface area (Å²) in [5, 5.41) is 0. The molecule has 0 spiro atoms. The van der Waals surface area contributed by atoms with Crippen molar-refractivity contribution >= 4 is 11.8 Å². The van der Waals surface area contributed by atoms with Crippen LogP contribution in [0.4, 0.5) is 13.2 Å². The molecule has 1 aliphatic rings. The van der Waals surface area contributed by atoms with Crippen molar-refractivity contribution in [1.29, 1.82) is 0 Å². The van der Waals surface area contributed by atoms with Gasteiger partial charge in [0.1, 0.15) is 17.8 Å². The molecule has 1 rings (SSSR count). The zero-order chi connectivity index (χ0) is 12.4. The van der Waals surface area contributed by atoms with Gasteiger partial charge in [-0.05, 0) is 12.8 Å². The maximum atomic E-state index is 12.1. The topological polar surface area (TPSA) is 43.4 Å². The number of halogens is 3. The third-order valence-electron chi connectivity index (χ3n) is 2.70. The van der Waals surface area contributed by atoms with Crippen molar-refractivity contribution in [1.82, 2.24) is 0 Å². The Morgan fingerprint density at radius 1 is 1.38 bits per heavy atom. The van der Waals surface area contributed by atoms with E-state index in [1.54, 1.807) is 6.92 Å². The number of ketones is 1. The molecule has 6 heteroatoms. The summed E-state index contributed by atoms with van der Waals surface area (Å²) in [5.41, 5.74) is -1.25. The zero-order valence-corrected chi connectivity index (χ0v) is 8.89. The number of cyclic esters (lactones) is 1. The Labute approximate surface area is 91.0 Å². The van der Waals surface area contributed by atoms with Gasteiger partial charge in [0.2, 0.25) is 0 Å². The molecule has 1 aliphatic heterocycles. The number of rotatable bonds is 3. The zero-order valence-electron chi connectivity index (χ0n) is 8.89. The number of alkyl halides is 3. The van der Waals surface area contributed by atoms with Crippen LogP contribution in [0, 0.1) is 0 Å². The second-order valence-electron chi connectivity index (χ2n) is 4.02. The molecule has 0 saturated carbocycles. The summed E-state index contributed by atoms with van der Waals surface area (Å²) in [6.07, 6.45) is -5.89. The van der Waals surface area contributed by atoms with Crippen LogP contribution in [0.3, 0.4) is 0 Å². The Morgan fingerprint density at radius 2 is 2.00 bits per heavy atom. The first-order chi connectivity index (χ1) is 7.26. The highest BCUT2D eigenvalue weighted by molar-refractivity contribution is 5.98. The number of esters is 1. The summed E-state index contributed by atoms with van der Waals surface area (Å²) >= 11 is 0. The highest BCUT2D eigenvalue weighted by atomic mass is 19.4. The number of carbonyl (C=O) groups excluding carboxylic acids is 2. The third-order valence-corrected chi connectivity index (χ3v) is 2.70. The lowest BCUT2D eigenvalue weighted by Crippen LogP contribution is -2.42. The van der Waals surface area contributed by atoms with Gasteiger partial charge in [0.25, 0.3) is 0 Å². The molecule has 92 valence electrons. The van der Waals surface area contributed by atoms with E-state index in [0.717, 1.165) is 0 Å². The van der Waals surface area contributed by atoms with E-state index in [9.17, 15) is 22.8 Å². The van der Waals surface area contributed by atoms with Gasteiger partial charge in [0, 0.05) is 12.8 Å². The summed E-state index contributed by atoms with van der Waals surface area (Å²) in [6.45, 7) is 1.61. The average Bonchev–Trinajstić information content (AvgIpc) is 2.12. The van der Waals surface area contributed by atoms with Crippen molar-refractivity contribution < 1.29 is 27.5 Å². The Bertz CT molecular complexity index is 280. The lowest BCUT2D eigenvalue weighted by atomic mass is 9.86. The maximum absolute atomic E-state index is 12.1. The normalized spacial score (nSPS) is 26.8. The molecule has 1 fully saturated rings. The van der Waals surface area contributed by atoms with Crippen LogP contribution in [0.2, 0.25) is 0 Å². The second kappa shape index (κ2) is 4.43. The first kappa shape index (κ1) is 13.0. The minimum Gasteiger partial charge on any atom is -0.458 e. The smallest absolute Gasteiger partial charge is 0.389 e. The molecule has 0 bridgehead atoms. The van der Waals surface area contributed by atoms with E-state index in [1.165, 1.54) is 0 Å². The highest BCUT2D eigenvalue weighted by Crippen LogP contribution is 2.35. The van der Waals surface area contributed by atoms with Gasteiger partial charge in [-0.3, -0.25) is 9.59 Å². The Balaban J connectivity index is 2.69. The van der Waals surface area contributed by atoms with Crippen LogP contribution in [0.5, 0.6) is 0 Å². The number of carbonyl (C=O) groups is 2. The van der Waals surface area contributed by atoms with Gasteiger partial charge in [0.05, 0.1) is 0 Å². The molecule has 1 atom stereocenters. The lowest BCUT2D eigenvalue weighted by molar-refractivity contribution is -0.181. The van der Waals surface area contributed by atoms with Crippen molar-refractivity contribution in [3.63, 3.8) is 0 Å². The van der Waals surface area contributed by atoms with Crippen LogP contribution in [0.15, 0.2) is 0 Å². The largest absolute Gasteiger partial charge is 0.458 e. The molecule has 0 aromatic rings. The number of hydrogen-bond acceptors (Lipinski definition) is 3. The van der Waals surface area contributed by atoms with Crippen LogP contribution in [-0.2, 0) is 14.3 Å². The van der Waals surface area contributed by atoms with Crippen molar-refractivity contribution in [3.8, 4) is 0 Å². The predicted molar refractivity (Wildman–Crippen MR) is 48.6 cm³/mol. The summed E-state index contributed by atoms with van der Waals surface area (Å²) in [5.74, 6) is -1.07. The average molecular weight is 238 g/mol. The van der Waals surface area contributed by atoms with E-state index in [2.05, 4.69) is 0 Å². The SMILES string of the molecule is CCC1(CCC(F)(F)F)CC(=O)CC(=O)O1. The molecule has 0 aromatic carbocycles. The number of ether oxygens (including phenoxy) is 1. The van der Waals surface area contributed by atoms with Gasteiger partial charge < -0.3 is 4.74 Å². The van der Waals surface area contributed by atoms with Crippen LogP contribution < -0.4 is 0 Å². The quantitative estimate of drug-likeness (QED) is 0.560. The molecule has 0 aromatic heterocycles. The molecule has 1 saturated heterocycles. The molecule has 0 aliphatic carbocycles. The predicted octanol–water partition coefficient (Wildman–Crippen LogP) is 2.38. The minimum atomic E-state index is -4.30. The molecule has 3 nitrogen and oxygen atoms in total. The maximum Gasteiger partial charge on any atom is 0.389 e. The van der Waals surface area contributed by atoms with Crippen molar-refractivity contribution in [2.24, 2.45) is 0 Å². The van der Waals surface area contributed by atoms with E-state index in [-0.39, 0.29) is 31.5 Å². The molecular weight excluding hydrogens is 225 g/mol. The molecule has 16 heavy (non-hydrogen) atoms. The van der Waals surface area contributed by atoms with Crippen LogP contribution >= 0.6 is 0 Å². The van der Waals surface area contributed by atoms with Crippen LogP contribution in [-0.4, -0.2) is 23.5 Å². The fourth-order valence-electron chi connectivity index (χ4n) is 1.78. The van der Waals surface area contributed by atoms with Crippen molar-refractivity contribution in [2.75, 3.05) is 0 Å². The van der Waals surface area contributed by atoms with Gasteiger partial charge >= 0.3 is 12.1 Å². The summed E-state index contributed by atoms with van der Waals surface area (Å²) < 4.78 is 41.2.